The zero-order valence-electron chi connectivity index (χ0n) is 11.0. The van der Waals surface area contributed by atoms with E-state index >= 15 is 0 Å². The summed E-state index contributed by atoms with van der Waals surface area (Å²) in [5.74, 6) is 0.287. The molecule has 18 heavy (non-hydrogen) atoms. The lowest BCUT2D eigenvalue weighted by molar-refractivity contribution is 0.273. The van der Waals surface area contributed by atoms with Crippen LogP contribution in [0.2, 0.25) is 0 Å². The number of hydrogen-bond donors (Lipinski definition) is 2. The molecule has 4 nitrogen and oxygen atoms in total. The van der Waals surface area contributed by atoms with Crippen LogP contribution in [0.15, 0.2) is 21.1 Å². The SMILES string of the molecule is CN(CCC(C)(C)C(N)=NO)Cc1cc(Br)cs1. The van der Waals surface area contributed by atoms with Crippen LogP contribution in [-0.4, -0.2) is 29.5 Å². The Morgan fingerprint density at radius 3 is 2.78 bits per heavy atom. The van der Waals surface area contributed by atoms with Crippen molar-refractivity contribution in [3.05, 3.63) is 20.8 Å². The summed E-state index contributed by atoms with van der Waals surface area (Å²) < 4.78 is 1.13. The summed E-state index contributed by atoms with van der Waals surface area (Å²) in [5.41, 5.74) is 5.39. The highest BCUT2D eigenvalue weighted by atomic mass is 79.9. The summed E-state index contributed by atoms with van der Waals surface area (Å²) in [7, 11) is 2.08. The van der Waals surface area contributed by atoms with Crippen LogP contribution in [-0.2, 0) is 6.54 Å². The van der Waals surface area contributed by atoms with Crippen molar-refractivity contribution in [1.29, 1.82) is 0 Å². The van der Waals surface area contributed by atoms with Gasteiger partial charge in [-0.15, -0.1) is 11.3 Å². The standard InChI is InChI=1S/C12H20BrN3OS/c1-12(2,11(14)15-17)4-5-16(3)7-10-6-9(13)8-18-10/h6,8,17H,4-5,7H2,1-3H3,(H2,14,15). The summed E-state index contributed by atoms with van der Waals surface area (Å²) in [6.07, 6.45) is 0.853. The minimum absolute atomic E-state index is 0.279. The number of halogens is 1. The maximum atomic E-state index is 8.72. The summed E-state index contributed by atoms with van der Waals surface area (Å²) >= 11 is 5.20. The third-order valence-corrected chi connectivity index (χ3v) is 4.65. The highest BCUT2D eigenvalue weighted by molar-refractivity contribution is 9.10. The molecule has 6 heteroatoms. The molecular weight excluding hydrogens is 314 g/mol. The average Bonchev–Trinajstić information content (AvgIpc) is 2.71. The van der Waals surface area contributed by atoms with E-state index in [1.807, 2.05) is 13.8 Å². The van der Waals surface area contributed by atoms with E-state index in [2.05, 4.69) is 44.5 Å². The smallest absolute Gasteiger partial charge is 0.144 e. The van der Waals surface area contributed by atoms with Crippen LogP contribution in [0.4, 0.5) is 0 Å². The lowest BCUT2D eigenvalue weighted by atomic mass is 9.88. The fourth-order valence-corrected chi connectivity index (χ4v) is 3.05. The van der Waals surface area contributed by atoms with E-state index in [0.29, 0.717) is 0 Å². The molecule has 0 aliphatic heterocycles. The predicted molar refractivity (Wildman–Crippen MR) is 80.2 cm³/mol. The number of oxime groups is 1. The van der Waals surface area contributed by atoms with Crippen LogP contribution >= 0.6 is 27.3 Å². The van der Waals surface area contributed by atoms with Gasteiger partial charge in [-0.05, 0) is 42.0 Å². The molecule has 0 bridgehead atoms. The fourth-order valence-electron chi connectivity index (χ4n) is 1.52. The van der Waals surface area contributed by atoms with Gasteiger partial charge in [0.1, 0.15) is 5.84 Å². The quantitative estimate of drug-likeness (QED) is 0.364. The number of nitrogens with two attached hydrogens (primary N) is 1. The van der Waals surface area contributed by atoms with Crippen molar-refractivity contribution in [2.45, 2.75) is 26.8 Å². The minimum atomic E-state index is -0.279. The summed E-state index contributed by atoms with van der Waals surface area (Å²) in [4.78, 5) is 3.57. The minimum Gasteiger partial charge on any atom is -0.409 e. The Morgan fingerprint density at radius 1 is 1.61 bits per heavy atom. The van der Waals surface area contributed by atoms with Crippen LogP contribution in [0.25, 0.3) is 0 Å². The Kier molecular flexibility index (Phi) is 5.62. The van der Waals surface area contributed by atoms with E-state index in [9.17, 15) is 0 Å². The maximum absolute atomic E-state index is 8.72. The van der Waals surface area contributed by atoms with Crippen molar-refractivity contribution in [1.82, 2.24) is 4.90 Å². The largest absolute Gasteiger partial charge is 0.409 e. The normalized spacial score (nSPS) is 13.3. The summed E-state index contributed by atoms with van der Waals surface area (Å²) in [6.45, 7) is 5.79. The fraction of sp³-hybridized carbons (Fsp3) is 0.583. The molecule has 0 unspecified atom stereocenters. The molecule has 102 valence electrons. The second-order valence-electron chi connectivity index (χ2n) is 5.09. The zero-order valence-corrected chi connectivity index (χ0v) is 13.4. The molecule has 1 heterocycles. The van der Waals surface area contributed by atoms with Gasteiger partial charge in [-0.1, -0.05) is 19.0 Å². The second-order valence-corrected chi connectivity index (χ2v) is 7.00. The molecule has 0 aliphatic rings. The Hall–Kier alpha value is -0.590. The zero-order chi connectivity index (χ0) is 13.8. The van der Waals surface area contributed by atoms with Crippen molar-refractivity contribution in [3.8, 4) is 0 Å². The van der Waals surface area contributed by atoms with Crippen LogP contribution in [0.1, 0.15) is 25.1 Å². The first-order valence-electron chi connectivity index (χ1n) is 5.74. The first-order chi connectivity index (χ1) is 8.35. The van der Waals surface area contributed by atoms with E-state index < -0.39 is 0 Å². The Bertz CT molecular complexity index is 417. The van der Waals surface area contributed by atoms with E-state index in [4.69, 9.17) is 10.9 Å². The first-order valence-corrected chi connectivity index (χ1v) is 7.42. The predicted octanol–water partition coefficient (Wildman–Crippen LogP) is 3.11. The molecule has 0 amide bonds. The van der Waals surface area contributed by atoms with Crippen molar-refractivity contribution >= 4 is 33.1 Å². The van der Waals surface area contributed by atoms with Gasteiger partial charge in [-0.3, -0.25) is 0 Å². The molecule has 0 aromatic carbocycles. The van der Waals surface area contributed by atoms with Crippen LogP contribution in [0.5, 0.6) is 0 Å². The molecule has 0 fully saturated rings. The first kappa shape index (κ1) is 15.5. The van der Waals surface area contributed by atoms with Crippen molar-refractivity contribution < 1.29 is 5.21 Å². The monoisotopic (exact) mass is 333 g/mol. The lowest BCUT2D eigenvalue weighted by Crippen LogP contribution is -2.35. The Labute approximate surface area is 121 Å². The molecule has 0 spiro atoms. The average molecular weight is 334 g/mol. The van der Waals surface area contributed by atoms with Gasteiger partial charge in [0.25, 0.3) is 0 Å². The molecule has 0 aliphatic carbocycles. The maximum Gasteiger partial charge on any atom is 0.144 e. The van der Waals surface area contributed by atoms with E-state index in [1.54, 1.807) is 11.3 Å². The molecule has 1 aromatic rings. The second kappa shape index (κ2) is 6.54. The number of thiophene rings is 1. The van der Waals surface area contributed by atoms with Crippen molar-refractivity contribution in [2.75, 3.05) is 13.6 Å². The van der Waals surface area contributed by atoms with Gasteiger partial charge in [0.05, 0.1) is 0 Å². The third-order valence-electron chi connectivity index (χ3n) is 2.97. The molecule has 3 N–H and O–H groups in total. The summed E-state index contributed by atoms with van der Waals surface area (Å²) in [6, 6.07) is 2.13. The van der Waals surface area contributed by atoms with Gasteiger partial charge in [-0.2, -0.15) is 0 Å². The lowest BCUT2D eigenvalue weighted by Gasteiger charge is -2.26. The van der Waals surface area contributed by atoms with Gasteiger partial charge < -0.3 is 15.8 Å². The van der Waals surface area contributed by atoms with E-state index in [0.717, 1.165) is 24.0 Å². The third kappa shape index (κ3) is 4.59. The van der Waals surface area contributed by atoms with Gasteiger partial charge in [-0.25, -0.2) is 0 Å². The topological polar surface area (TPSA) is 61.8 Å². The molecule has 0 saturated carbocycles. The number of hydrogen-bond acceptors (Lipinski definition) is 4. The highest BCUT2D eigenvalue weighted by Crippen LogP contribution is 2.23. The van der Waals surface area contributed by atoms with Crippen LogP contribution in [0.3, 0.4) is 0 Å². The summed E-state index contributed by atoms with van der Waals surface area (Å²) in [5, 5.41) is 13.9. The van der Waals surface area contributed by atoms with Crippen LogP contribution in [0, 0.1) is 5.41 Å². The molecule has 0 radical (unpaired) electrons. The number of nitrogens with zero attached hydrogens (tertiary/aromatic N) is 2. The van der Waals surface area contributed by atoms with Gasteiger partial charge >= 0.3 is 0 Å². The molecule has 1 rings (SSSR count). The molecular formula is C12H20BrN3OS. The van der Waals surface area contributed by atoms with Crippen molar-refractivity contribution in [3.63, 3.8) is 0 Å². The Balaban J connectivity index is 2.44. The van der Waals surface area contributed by atoms with Gasteiger partial charge in [0.15, 0.2) is 0 Å². The Morgan fingerprint density at radius 2 is 2.28 bits per heavy atom. The number of rotatable bonds is 6. The van der Waals surface area contributed by atoms with E-state index in [-0.39, 0.29) is 11.3 Å². The molecule has 0 atom stereocenters. The highest BCUT2D eigenvalue weighted by Gasteiger charge is 2.23. The van der Waals surface area contributed by atoms with Gasteiger partial charge in [0.2, 0.25) is 0 Å². The van der Waals surface area contributed by atoms with Crippen LogP contribution < -0.4 is 5.73 Å². The molecule has 1 aromatic heterocycles. The molecule has 0 saturated heterocycles. The van der Waals surface area contributed by atoms with Gasteiger partial charge in [0, 0.05) is 26.7 Å². The van der Waals surface area contributed by atoms with E-state index in [1.165, 1.54) is 4.88 Å². The number of amidine groups is 1. The van der Waals surface area contributed by atoms with Crippen molar-refractivity contribution in [2.24, 2.45) is 16.3 Å².